The van der Waals surface area contributed by atoms with Gasteiger partial charge in [-0.15, -0.1) is 11.3 Å². The highest BCUT2D eigenvalue weighted by Crippen LogP contribution is 2.24. The van der Waals surface area contributed by atoms with Gasteiger partial charge >= 0.3 is 0 Å². The third-order valence-corrected chi connectivity index (χ3v) is 5.15. The summed E-state index contributed by atoms with van der Waals surface area (Å²) in [6.45, 7) is 5.57. The molecule has 0 amide bonds. The van der Waals surface area contributed by atoms with Crippen molar-refractivity contribution >= 4 is 21.4 Å². The molecule has 0 saturated heterocycles. The molecule has 0 fully saturated rings. The Morgan fingerprint density at radius 3 is 2.68 bits per heavy atom. The van der Waals surface area contributed by atoms with Crippen LogP contribution in [-0.4, -0.2) is 18.6 Å². The van der Waals surface area contributed by atoms with Gasteiger partial charge < -0.3 is 4.52 Å². The van der Waals surface area contributed by atoms with Gasteiger partial charge in [0.15, 0.2) is 5.82 Å². The summed E-state index contributed by atoms with van der Waals surface area (Å²) in [4.78, 5) is 6.09. The minimum Gasteiger partial charge on any atom is -0.338 e. The van der Waals surface area contributed by atoms with Gasteiger partial charge in [0.2, 0.25) is 15.9 Å². The lowest BCUT2D eigenvalue weighted by atomic mass is 10.4. The average molecular weight is 301 g/mol. The van der Waals surface area contributed by atoms with Gasteiger partial charge in [0.25, 0.3) is 0 Å². The number of sulfonamides is 1. The van der Waals surface area contributed by atoms with Crippen LogP contribution in [0.15, 0.2) is 15.5 Å². The lowest BCUT2D eigenvalue weighted by Crippen LogP contribution is -2.23. The maximum Gasteiger partial charge on any atom is 0.242 e. The molecule has 1 N–H and O–H groups in total. The first-order chi connectivity index (χ1) is 8.92. The highest BCUT2D eigenvalue weighted by Gasteiger charge is 2.19. The molecule has 0 bridgehead atoms. The fourth-order valence-corrected chi connectivity index (χ4v) is 4.14. The van der Waals surface area contributed by atoms with Gasteiger partial charge in [-0.1, -0.05) is 12.1 Å². The van der Waals surface area contributed by atoms with Crippen molar-refractivity contribution in [2.45, 2.75) is 38.6 Å². The van der Waals surface area contributed by atoms with Gasteiger partial charge in [-0.25, -0.2) is 13.1 Å². The second-order valence-corrected chi connectivity index (χ2v) is 7.26. The second kappa shape index (κ2) is 5.40. The largest absolute Gasteiger partial charge is 0.338 e. The number of hydrogen-bond acceptors (Lipinski definition) is 6. The van der Waals surface area contributed by atoms with Crippen LogP contribution in [0.2, 0.25) is 0 Å². The van der Waals surface area contributed by atoms with Crippen LogP contribution in [0.3, 0.4) is 0 Å². The van der Waals surface area contributed by atoms with E-state index in [1.54, 1.807) is 13.0 Å². The van der Waals surface area contributed by atoms with Crippen molar-refractivity contribution in [3.05, 3.63) is 27.5 Å². The lowest BCUT2D eigenvalue weighted by Gasteiger charge is -2.03. The van der Waals surface area contributed by atoms with Gasteiger partial charge in [-0.3, -0.25) is 0 Å². The summed E-state index contributed by atoms with van der Waals surface area (Å²) in [5, 5.41) is 3.71. The van der Waals surface area contributed by atoms with E-state index in [-0.39, 0.29) is 12.4 Å². The maximum absolute atomic E-state index is 12.1. The lowest BCUT2D eigenvalue weighted by molar-refractivity contribution is 0.370. The first-order valence-corrected chi connectivity index (χ1v) is 8.10. The van der Waals surface area contributed by atoms with Crippen LogP contribution >= 0.6 is 11.3 Å². The van der Waals surface area contributed by atoms with Crippen molar-refractivity contribution < 1.29 is 12.9 Å². The quantitative estimate of drug-likeness (QED) is 0.910. The van der Waals surface area contributed by atoms with E-state index in [1.807, 2.05) is 13.8 Å². The van der Waals surface area contributed by atoms with Crippen LogP contribution in [0, 0.1) is 13.8 Å². The molecule has 0 aliphatic heterocycles. The fourth-order valence-electron chi connectivity index (χ4n) is 1.61. The van der Waals surface area contributed by atoms with Crippen LogP contribution < -0.4 is 4.72 Å². The third-order valence-electron chi connectivity index (χ3n) is 2.52. The smallest absolute Gasteiger partial charge is 0.242 e. The van der Waals surface area contributed by atoms with Gasteiger partial charge in [0.05, 0.1) is 11.4 Å². The van der Waals surface area contributed by atoms with E-state index in [0.29, 0.717) is 17.1 Å². The van der Waals surface area contributed by atoms with Crippen LogP contribution in [0.5, 0.6) is 0 Å². The normalized spacial score (nSPS) is 11.9. The first-order valence-electron chi connectivity index (χ1n) is 5.80. The van der Waals surface area contributed by atoms with Crippen molar-refractivity contribution in [2.75, 3.05) is 0 Å². The molecule has 2 heterocycles. The molecule has 2 aromatic heterocycles. The van der Waals surface area contributed by atoms with E-state index < -0.39 is 10.0 Å². The van der Waals surface area contributed by atoms with Gasteiger partial charge in [-0.05, 0) is 19.9 Å². The Morgan fingerprint density at radius 2 is 2.16 bits per heavy atom. The summed E-state index contributed by atoms with van der Waals surface area (Å²) < 4.78 is 31.6. The highest BCUT2D eigenvalue weighted by molar-refractivity contribution is 7.89. The van der Waals surface area contributed by atoms with Gasteiger partial charge in [0.1, 0.15) is 0 Å². The molecule has 8 heteroatoms. The zero-order valence-corrected chi connectivity index (χ0v) is 12.6. The number of aromatic nitrogens is 2. The Labute approximate surface area is 115 Å². The summed E-state index contributed by atoms with van der Waals surface area (Å²) in [6, 6.07) is 1.66. The standard InChI is InChI=1S/C11H15N3O3S2/c1-4-10-13-11(17-14-10)6-12-19(15,16)9-5-7(2)18-8(9)3/h5,12H,4,6H2,1-3H3. The van der Waals surface area contributed by atoms with Crippen LogP contribution in [-0.2, 0) is 23.0 Å². The molecule has 0 aliphatic rings. The molecule has 6 nitrogen and oxygen atoms in total. The van der Waals surface area contributed by atoms with E-state index in [4.69, 9.17) is 4.52 Å². The van der Waals surface area contributed by atoms with Crippen molar-refractivity contribution in [3.63, 3.8) is 0 Å². The predicted octanol–water partition coefficient (Wildman–Crippen LogP) is 1.79. The molecular formula is C11H15N3O3S2. The van der Waals surface area contributed by atoms with E-state index in [0.717, 1.165) is 9.75 Å². The monoisotopic (exact) mass is 301 g/mol. The number of rotatable bonds is 5. The molecule has 19 heavy (non-hydrogen) atoms. The van der Waals surface area contributed by atoms with Gasteiger partial charge in [0, 0.05) is 16.2 Å². The van der Waals surface area contributed by atoms with Crippen molar-refractivity contribution in [1.29, 1.82) is 0 Å². The van der Waals surface area contributed by atoms with Gasteiger partial charge in [-0.2, -0.15) is 4.98 Å². The number of hydrogen-bond donors (Lipinski definition) is 1. The number of nitrogens with zero attached hydrogens (tertiary/aromatic N) is 2. The van der Waals surface area contributed by atoms with E-state index in [9.17, 15) is 8.42 Å². The van der Waals surface area contributed by atoms with Crippen LogP contribution in [0.4, 0.5) is 0 Å². The Kier molecular flexibility index (Phi) is 4.02. The predicted molar refractivity (Wildman–Crippen MR) is 71.5 cm³/mol. The molecule has 0 atom stereocenters. The zero-order valence-electron chi connectivity index (χ0n) is 10.9. The maximum atomic E-state index is 12.1. The van der Waals surface area contributed by atoms with Crippen LogP contribution in [0.1, 0.15) is 28.4 Å². The Bertz CT molecular complexity index is 673. The van der Waals surface area contributed by atoms with E-state index in [1.165, 1.54) is 11.3 Å². The summed E-state index contributed by atoms with van der Waals surface area (Å²) in [6.07, 6.45) is 0.652. The zero-order chi connectivity index (χ0) is 14.0. The van der Waals surface area contributed by atoms with Crippen molar-refractivity contribution in [3.8, 4) is 0 Å². The Hall–Kier alpha value is -1.25. The molecule has 0 aliphatic carbocycles. The number of nitrogens with one attached hydrogen (secondary N) is 1. The summed E-state index contributed by atoms with van der Waals surface area (Å²) in [5.74, 6) is 0.835. The molecule has 0 aromatic carbocycles. The topological polar surface area (TPSA) is 85.1 Å². The molecular weight excluding hydrogens is 286 g/mol. The highest BCUT2D eigenvalue weighted by atomic mass is 32.2. The molecule has 0 radical (unpaired) electrons. The third kappa shape index (κ3) is 3.20. The summed E-state index contributed by atoms with van der Waals surface area (Å²) in [7, 11) is -3.53. The molecule has 0 spiro atoms. The average Bonchev–Trinajstić information content (AvgIpc) is 2.93. The van der Waals surface area contributed by atoms with E-state index in [2.05, 4.69) is 14.9 Å². The summed E-state index contributed by atoms with van der Waals surface area (Å²) in [5.41, 5.74) is 0. The summed E-state index contributed by atoms with van der Waals surface area (Å²) >= 11 is 1.45. The SMILES string of the molecule is CCc1noc(CNS(=O)(=O)c2cc(C)sc2C)n1. The molecule has 2 rings (SSSR count). The van der Waals surface area contributed by atoms with E-state index >= 15 is 0 Å². The number of thiophene rings is 1. The minimum atomic E-state index is -3.53. The Morgan fingerprint density at radius 1 is 1.42 bits per heavy atom. The molecule has 104 valence electrons. The second-order valence-electron chi connectivity index (χ2n) is 4.06. The first kappa shape index (κ1) is 14.2. The fraction of sp³-hybridized carbons (Fsp3) is 0.455. The molecule has 0 unspecified atom stereocenters. The Balaban J connectivity index is 2.11. The van der Waals surface area contributed by atoms with Crippen molar-refractivity contribution in [1.82, 2.24) is 14.9 Å². The minimum absolute atomic E-state index is 0.00364. The molecule has 0 saturated carbocycles. The van der Waals surface area contributed by atoms with Crippen LogP contribution in [0.25, 0.3) is 0 Å². The van der Waals surface area contributed by atoms with Crippen molar-refractivity contribution in [2.24, 2.45) is 0 Å². The number of aryl methyl sites for hydroxylation is 3. The molecule has 2 aromatic rings.